The van der Waals surface area contributed by atoms with Gasteiger partial charge in [-0.2, -0.15) is 0 Å². The van der Waals surface area contributed by atoms with Crippen molar-refractivity contribution in [1.29, 1.82) is 0 Å². The van der Waals surface area contributed by atoms with Crippen molar-refractivity contribution >= 4 is 33.2 Å². The summed E-state index contributed by atoms with van der Waals surface area (Å²) in [4.78, 5) is 7.19. The van der Waals surface area contributed by atoms with Crippen molar-refractivity contribution < 1.29 is 26.3 Å². The van der Waals surface area contributed by atoms with Crippen LogP contribution in [0.2, 0.25) is 0 Å². The van der Waals surface area contributed by atoms with E-state index in [1.807, 2.05) is 0 Å². The number of hydrogen-bond acceptors (Lipinski definition) is 6. The molecule has 48 heavy (non-hydrogen) atoms. The summed E-state index contributed by atoms with van der Waals surface area (Å²) < 4.78 is 75.8. The predicted octanol–water partition coefficient (Wildman–Crippen LogP) is 7.53. The minimum absolute atomic E-state index is 0.0716. The Morgan fingerprint density at radius 2 is 0.562 bits per heavy atom. The van der Waals surface area contributed by atoms with Gasteiger partial charge in [-0.05, 0) is 177 Å². The van der Waals surface area contributed by atoms with Crippen LogP contribution in [0.5, 0.6) is 0 Å². The maximum Gasteiger partial charge on any atom is 0.187 e. The van der Waals surface area contributed by atoms with E-state index in [4.69, 9.17) is 0 Å². The molecule has 3 heterocycles. The second kappa shape index (κ2) is 12.8. The molecule has 3 fully saturated rings. The topological polar surface area (TPSA) is 122 Å². The summed E-state index contributed by atoms with van der Waals surface area (Å²) in [7, 11) is 6.27. The van der Waals surface area contributed by atoms with Crippen LogP contribution in [0.15, 0.2) is 14.7 Å². The molecule has 3 aliphatic rings. The fraction of sp³-hybridized carbons (Fsp3) is 0.833. The highest BCUT2D eigenvalue weighted by molar-refractivity contribution is 7.81. The van der Waals surface area contributed by atoms with Gasteiger partial charge in [0.15, 0.2) is 33.2 Å². The van der Waals surface area contributed by atoms with Gasteiger partial charge in [0.25, 0.3) is 0 Å². The Balaban J connectivity index is 2.25. The predicted molar refractivity (Wildman–Crippen MR) is 197 cm³/mol. The van der Waals surface area contributed by atoms with E-state index in [0.29, 0.717) is 55.2 Å². The van der Waals surface area contributed by atoms with Gasteiger partial charge in [-0.1, -0.05) is 0 Å². The molecule has 9 nitrogen and oxygen atoms in total. The van der Waals surface area contributed by atoms with E-state index in [1.54, 1.807) is 0 Å². The average molecular weight is 730 g/mol. The molecule has 4 rings (SSSR count). The quantitative estimate of drug-likeness (QED) is 0.255. The Morgan fingerprint density at radius 3 is 0.688 bits per heavy atom. The van der Waals surface area contributed by atoms with Crippen LogP contribution in [0.25, 0.3) is 0 Å². The first-order valence-corrected chi connectivity index (χ1v) is 20.6. The third-order valence-electron chi connectivity index (χ3n) is 13.1. The Morgan fingerprint density at radius 1 is 0.417 bits per heavy atom. The van der Waals surface area contributed by atoms with E-state index in [2.05, 4.69) is 119 Å². The fourth-order valence-electron chi connectivity index (χ4n) is 10.1. The van der Waals surface area contributed by atoms with Gasteiger partial charge in [-0.15, -0.1) is 0 Å². The van der Waals surface area contributed by atoms with E-state index in [9.17, 15) is 26.3 Å². The molecular weight excluding hydrogens is 667 g/mol. The van der Waals surface area contributed by atoms with Crippen LogP contribution in [0.3, 0.4) is 0 Å². The SMILES string of the molecule is CN1C(C)(C)CC(c2c(S(=O)O)c(C3CC(C)(C)N(C)C(C)(C)C3)c(S(=O)O)c(C3CC(C)(C)N(C)C(C)(C)C3)c2S(=O)O)CC1(C)C. The highest BCUT2D eigenvalue weighted by Gasteiger charge is 2.52. The molecule has 3 aliphatic heterocycles. The van der Waals surface area contributed by atoms with Gasteiger partial charge < -0.3 is 13.7 Å². The van der Waals surface area contributed by atoms with Crippen molar-refractivity contribution in [3.05, 3.63) is 16.7 Å². The molecule has 0 saturated carbocycles. The van der Waals surface area contributed by atoms with Gasteiger partial charge >= 0.3 is 0 Å². The normalized spacial score (nSPS) is 28.6. The van der Waals surface area contributed by atoms with Crippen molar-refractivity contribution in [3.8, 4) is 0 Å². The number of rotatable bonds is 6. The minimum Gasteiger partial charge on any atom is -0.302 e. The maximum absolute atomic E-state index is 13.9. The van der Waals surface area contributed by atoms with Gasteiger partial charge in [-0.25, -0.2) is 12.6 Å². The first-order chi connectivity index (χ1) is 21.5. The molecule has 12 heteroatoms. The number of piperidine rings is 3. The fourth-order valence-corrected chi connectivity index (χ4v) is 13.1. The van der Waals surface area contributed by atoms with E-state index in [1.165, 1.54) is 0 Å². The Bertz CT molecular complexity index is 1270. The van der Waals surface area contributed by atoms with Crippen molar-refractivity contribution in [2.75, 3.05) is 21.1 Å². The van der Waals surface area contributed by atoms with Crippen molar-refractivity contribution in [3.63, 3.8) is 0 Å². The van der Waals surface area contributed by atoms with Crippen LogP contribution < -0.4 is 0 Å². The Hall–Kier alpha value is -0.570. The molecule has 3 N–H and O–H groups in total. The van der Waals surface area contributed by atoms with Crippen LogP contribution >= 0.6 is 0 Å². The molecular formula is C36H63N3O6S3. The zero-order valence-corrected chi connectivity index (χ0v) is 34.6. The first-order valence-electron chi connectivity index (χ1n) is 17.3. The molecule has 0 aromatic heterocycles. The highest BCUT2D eigenvalue weighted by atomic mass is 32.2. The van der Waals surface area contributed by atoms with Crippen LogP contribution in [-0.4, -0.2) is 95.4 Å². The summed E-state index contributed by atoms with van der Waals surface area (Å²) in [6, 6.07) is 0. The molecule has 3 saturated heterocycles. The zero-order valence-electron chi connectivity index (χ0n) is 32.1. The molecule has 1 aromatic carbocycles. The third-order valence-corrected chi connectivity index (χ3v) is 15.5. The van der Waals surface area contributed by atoms with Gasteiger partial charge in [0.05, 0.1) is 14.7 Å². The lowest BCUT2D eigenvalue weighted by atomic mass is 9.67. The zero-order chi connectivity index (χ0) is 36.9. The van der Waals surface area contributed by atoms with Crippen LogP contribution in [0.4, 0.5) is 0 Å². The molecule has 0 aliphatic carbocycles. The molecule has 0 amide bonds. The lowest BCUT2D eigenvalue weighted by Crippen LogP contribution is -2.59. The maximum atomic E-state index is 13.9. The van der Waals surface area contributed by atoms with E-state index in [0.717, 1.165) is 0 Å². The molecule has 0 spiro atoms. The van der Waals surface area contributed by atoms with Crippen LogP contribution in [-0.2, 0) is 33.2 Å². The largest absolute Gasteiger partial charge is 0.302 e. The first kappa shape index (κ1) is 40.2. The molecule has 3 unspecified atom stereocenters. The van der Waals surface area contributed by atoms with E-state index >= 15 is 0 Å². The van der Waals surface area contributed by atoms with Gasteiger partial charge in [0, 0.05) is 33.2 Å². The third kappa shape index (κ3) is 6.97. The summed E-state index contributed by atoms with van der Waals surface area (Å²) in [5.74, 6) is -0.995. The standard InChI is InChI=1S/C36H63N3O6S3/c1-31(2)16-22(17-32(3,4)37(31)13)25-28(46(40)41)26(23-18-33(5,6)38(14)34(7,8)19-23)30(48(44)45)27(29(25)47(42)43)24-20-35(9,10)39(15)36(11,12)21-24/h22-24H,16-21H2,1-15H3,(H,40,41)(H,42,43)(H,44,45). The van der Waals surface area contributed by atoms with Gasteiger partial charge in [-0.3, -0.25) is 14.7 Å². The number of likely N-dealkylation sites (tertiary alicyclic amines) is 3. The summed E-state index contributed by atoms with van der Waals surface area (Å²) >= 11 is -7.81. The number of benzene rings is 1. The lowest BCUT2D eigenvalue weighted by Gasteiger charge is -2.56. The summed E-state index contributed by atoms with van der Waals surface area (Å²) in [5.41, 5.74) is -0.667. The summed E-state index contributed by atoms with van der Waals surface area (Å²) in [5, 5.41) is 0. The monoisotopic (exact) mass is 729 g/mol. The van der Waals surface area contributed by atoms with Crippen molar-refractivity contribution in [1.82, 2.24) is 14.7 Å². The molecule has 276 valence electrons. The van der Waals surface area contributed by atoms with E-state index < -0.39 is 33.2 Å². The van der Waals surface area contributed by atoms with E-state index in [-0.39, 0.29) is 65.7 Å². The smallest absolute Gasteiger partial charge is 0.187 e. The van der Waals surface area contributed by atoms with Crippen LogP contribution in [0, 0.1) is 0 Å². The Kier molecular flexibility index (Phi) is 10.7. The molecule has 1 aromatic rings. The van der Waals surface area contributed by atoms with Crippen molar-refractivity contribution in [2.45, 2.75) is 187 Å². The summed E-state index contributed by atoms with van der Waals surface area (Å²) in [6.07, 6.45) is 3.56. The number of hydrogen-bond donors (Lipinski definition) is 3. The van der Waals surface area contributed by atoms with Gasteiger partial charge in [0.1, 0.15) is 0 Å². The second-order valence-corrected chi connectivity index (χ2v) is 21.6. The van der Waals surface area contributed by atoms with Gasteiger partial charge in [0.2, 0.25) is 0 Å². The van der Waals surface area contributed by atoms with Crippen LogP contribution in [0.1, 0.15) is 156 Å². The van der Waals surface area contributed by atoms with Crippen molar-refractivity contribution in [2.24, 2.45) is 0 Å². The molecule has 0 bridgehead atoms. The summed E-state index contributed by atoms with van der Waals surface area (Å²) in [6.45, 7) is 25.8. The second-order valence-electron chi connectivity index (χ2n) is 18.8. The Labute approximate surface area is 298 Å². The molecule has 0 radical (unpaired) electrons. The molecule has 3 atom stereocenters. The number of nitrogens with zero attached hydrogens (tertiary/aromatic N) is 3. The lowest BCUT2D eigenvalue weighted by molar-refractivity contribution is -0.0167. The highest BCUT2D eigenvalue weighted by Crippen LogP contribution is 2.56. The minimum atomic E-state index is -2.60. The average Bonchev–Trinajstić information content (AvgIpc) is 2.90.